The van der Waals surface area contributed by atoms with Crippen LogP contribution in [0.5, 0.6) is 5.75 Å². The zero-order chi connectivity index (χ0) is 20.5. The summed E-state index contributed by atoms with van der Waals surface area (Å²) in [6, 6.07) is 7.61. The van der Waals surface area contributed by atoms with Gasteiger partial charge in [0, 0.05) is 12.6 Å². The Morgan fingerprint density at radius 3 is 2.76 bits per heavy atom. The molecule has 1 N–H and O–H groups in total. The molecular weight excluding hydrogens is 408 g/mol. The number of benzene rings is 1. The zero-order valence-corrected chi connectivity index (χ0v) is 18.1. The number of aromatic nitrogens is 3. The Morgan fingerprint density at radius 2 is 2.03 bits per heavy atom. The number of rotatable bonds is 9. The molecule has 1 aliphatic carbocycles. The summed E-state index contributed by atoms with van der Waals surface area (Å²) in [5.41, 5.74) is 0. The summed E-state index contributed by atoms with van der Waals surface area (Å²) in [6.45, 7) is 4.58. The fourth-order valence-corrected chi connectivity index (χ4v) is 4.34. The maximum atomic E-state index is 12.4. The van der Waals surface area contributed by atoms with E-state index in [9.17, 15) is 4.79 Å². The Hall–Kier alpha value is -1.99. The minimum Gasteiger partial charge on any atom is -0.484 e. The second kappa shape index (κ2) is 11.3. The number of ether oxygens (including phenoxy) is 1. The topological polar surface area (TPSA) is 69.0 Å². The van der Waals surface area contributed by atoms with Crippen LogP contribution in [0.2, 0.25) is 5.02 Å². The first-order valence-electron chi connectivity index (χ1n) is 10.00. The van der Waals surface area contributed by atoms with E-state index in [-0.39, 0.29) is 12.5 Å². The van der Waals surface area contributed by atoms with Crippen molar-refractivity contribution in [1.29, 1.82) is 0 Å². The number of nitrogens with one attached hydrogen (secondary N) is 1. The number of hydrogen-bond donors (Lipinski definition) is 1. The molecule has 1 saturated carbocycles. The van der Waals surface area contributed by atoms with Crippen molar-refractivity contribution in [3.63, 3.8) is 0 Å². The van der Waals surface area contributed by atoms with Gasteiger partial charge in [0.05, 0.1) is 10.8 Å². The predicted octanol–water partition coefficient (Wildman–Crippen LogP) is 4.63. The van der Waals surface area contributed by atoms with E-state index in [1.54, 1.807) is 12.1 Å². The van der Waals surface area contributed by atoms with Crippen LogP contribution in [0.25, 0.3) is 0 Å². The van der Waals surface area contributed by atoms with Gasteiger partial charge in [-0.1, -0.05) is 67.3 Å². The van der Waals surface area contributed by atoms with Crippen LogP contribution in [0.4, 0.5) is 0 Å². The normalized spacial score (nSPS) is 14.9. The summed E-state index contributed by atoms with van der Waals surface area (Å²) in [5.74, 6) is 1.62. The third-order valence-electron chi connectivity index (χ3n) is 4.85. The fourth-order valence-electron chi connectivity index (χ4n) is 3.37. The molecule has 2 aromatic rings. The van der Waals surface area contributed by atoms with Gasteiger partial charge in [-0.25, -0.2) is 0 Å². The van der Waals surface area contributed by atoms with Gasteiger partial charge in [-0.15, -0.1) is 16.8 Å². The SMILES string of the molecule is C=CCn1c(COc2ccccc2Cl)nnc1SCC(=O)NC1CCCCCC1. The quantitative estimate of drug-likeness (QED) is 0.354. The lowest BCUT2D eigenvalue weighted by Gasteiger charge is -2.16. The Labute approximate surface area is 181 Å². The number of nitrogens with zero attached hydrogens (tertiary/aromatic N) is 3. The molecule has 156 valence electrons. The van der Waals surface area contributed by atoms with Crippen molar-refractivity contribution < 1.29 is 9.53 Å². The molecule has 0 aliphatic heterocycles. The molecule has 29 heavy (non-hydrogen) atoms. The second-order valence-corrected chi connectivity index (χ2v) is 8.41. The summed E-state index contributed by atoms with van der Waals surface area (Å²) < 4.78 is 7.69. The molecule has 0 atom stereocenters. The summed E-state index contributed by atoms with van der Waals surface area (Å²) in [4.78, 5) is 12.4. The van der Waals surface area contributed by atoms with Crippen molar-refractivity contribution in [3.8, 4) is 5.75 Å². The molecule has 1 amide bonds. The highest BCUT2D eigenvalue weighted by molar-refractivity contribution is 7.99. The third kappa shape index (κ3) is 6.51. The molecule has 6 nitrogen and oxygen atoms in total. The average molecular weight is 435 g/mol. The summed E-state index contributed by atoms with van der Waals surface area (Å²) >= 11 is 7.52. The molecule has 1 fully saturated rings. The molecule has 1 aromatic heterocycles. The molecule has 0 bridgehead atoms. The molecule has 1 heterocycles. The van der Waals surface area contributed by atoms with E-state index in [2.05, 4.69) is 22.1 Å². The van der Waals surface area contributed by atoms with Crippen LogP contribution in [0, 0.1) is 0 Å². The lowest BCUT2D eigenvalue weighted by atomic mass is 10.1. The van der Waals surface area contributed by atoms with E-state index in [1.807, 2.05) is 22.8 Å². The first-order chi connectivity index (χ1) is 14.2. The Balaban J connectivity index is 1.56. The van der Waals surface area contributed by atoms with Gasteiger partial charge in [-0.2, -0.15) is 0 Å². The van der Waals surface area contributed by atoms with E-state index < -0.39 is 0 Å². The van der Waals surface area contributed by atoms with Gasteiger partial charge in [0.25, 0.3) is 0 Å². The fraction of sp³-hybridized carbons (Fsp3) is 0.476. The van der Waals surface area contributed by atoms with Crippen LogP contribution in [0.15, 0.2) is 42.1 Å². The second-order valence-electron chi connectivity index (χ2n) is 7.06. The maximum absolute atomic E-state index is 12.4. The van der Waals surface area contributed by atoms with E-state index in [1.165, 1.54) is 37.4 Å². The number of amides is 1. The molecule has 0 unspecified atom stereocenters. The number of halogens is 1. The lowest BCUT2D eigenvalue weighted by Crippen LogP contribution is -2.35. The van der Waals surface area contributed by atoms with Crippen molar-refractivity contribution in [2.75, 3.05) is 5.75 Å². The highest BCUT2D eigenvalue weighted by atomic mass is 35.5. The monoisotopic (exact) mass is 434 g/mol. The van der Waals surface area contributed by atoms with Crippen LogP contribution >= 0.6 is 23.4 Å². The van der Waals surface area contributed by atoms with Gasteiger partial charge in [0.15, 0.2) is 11.0 Å². The van der Waals surface area contributed by atoms with Crippen LogP contribution in [0.1, 0.15) is 44.3 Å². The van der Waals surface area contributed by atoms with E-state index in [4.69, 9.17) is 16.3 Å². The number of para-hydroxylation sites is 1. The lowest BCUT2D eigenvalue weighted by molar-refractivity contribution is -0.119. The molecule has 0 radical (unpaired) electrons. The standard InChI is InChI=1S/C21H27ClN4O2S/c1-2-13-26-19(14-28-18-12-8-7-11-17(18)22)24-25-21(26)29-15-20(27)23-16-9-5-3-4-6-10-16/h2,7-8,11-12,16H,1,3-6,9-10,13-15H2,(H,23,27). The average Bonchev–Trinajstić information content (AvgIpc) is 2.91. The number of hydrogen-bond acceptors (Lipinski definition) is 5. The summed E-state index contributed by atoms with van der Waals surface area (Å²) in [5, 5.41) is 12.9. The first kappa shape index (κ1) is 21.7. The van der Waals surface area contributed by atoms with Crippen LogP contribution in [-0.2, 0) is 17.9 Å². The van der Waals surface area contributed by atoms with Gasteiger partial charge >= 0.3 is 0 Å². The minimum atomic E-state index is 0.0453. The van der Waals surface area contributed by atoms with Crippen LogP contribution < -0.4 is 10.1 Å². The first-order valence-corrected chi connectivity index (χ1v) is 11.4. The van der Waals surface area contributed by atoms with Crippen molar-refractivity contribution in [3.05, 3.63) is 47.8 Å². The Morgan fingerprint density at radius 1 is 1.28 bits per heavy atom. The summed E-state index contributed by atoms with van der Waals surface area (Å²) in [6.07, 6.45) is 8.86. The smallest absolute Gasteiger partial charge is 0.230 e. The van der Waals surface area contributed by atoms with Crippen LogP contribution in [0.3, 0.4) is 0 Å². The number of allylic oxidation sites excluding steroid dienone is 1. The van der Waals surface area contributed by atoms with Crippen molar-refractivity contribution >= 4 is 29.3 Å². The van der Waals surface area contributed by atoms with Gasteiger partial charge in [-0.3, -0.25) is 9.36 Å². The van der Waals surface area contributed by atoms with Crippen molar-refractivity contribution in [2.45, 2.75) is 62.9 Å². The number of thioether (sulfide) groups is 1. The predicted molar refractivity (Wildman–Crippen MR) is 116 cm³/mol. The Kier molecular flexibility index (Phi) is 8.43. The van der Waals surface area contributed by atoms with Gasteiger partial charge in [0.1, 0.15) is 12.4 Å². The molecule has 1 aliphatic rings. The largest absolute Gasteiger partial charge is 0.484 e. The highest BCUT2D eigenvalue weighted by Crippen LogP contribution is 2.25. The molecule has 1 aromatic carbocycles. The Bertz CT molecular complexity index is 819. The van der Waals surface area contributed by atoms with Gasteiger partial charge in [-0.05, 0) is 25.0 Å². The molecule has 3 rings (SSSR count). The van der Waals surface area contributed by atoms with Gasteiger partial charge < -0.3 is 10.1 Å². The number of carbonyl (C=O) groups is 1. The minimum absolute atomic E-state index is 0.0453. The van der Waals surface area contributed by atoms with Gasteiger partial charge in [0.2, 0.25) is 5.91 Å². The van der Waals surface area contributed by atoms with E-state index in [0.717, 1.165) is 12.8 Å². The molecule has 0 spiro atoms. The molecule has 0 saturated heterocycles. The van der Waals surface area contributed by atoms with Crippen molar-refractivity contribution in [2.24, 2.45) is 0 Å². The van der Waals surface area contributed by atoms with E-state index in [0.29, 0.717) is 40.1 Å². The van der Waals surface area contributed by atoms with Crippen molar-refractivity contribution in [1.82, 2.24) is 20.1 Å². The molecular formula is C21H27ClN4O2S. The van der Waals surface area contributed by atoms with E-state index >= 15 is 0 Å². The number of carbonyl (C=O) groups excluding carboxylic acids is 1. The summed E-state index contributed by atoms with van der Waals surface area (Å²) in [7, 11) is 0. The molecule has 8 heteroatoms. The third-order valence-corrected chi connectivity index (χ3v) is 6.13. The zero-order valence-electron chi connectivity index (χ0n) is 16.5. The maximum Gasteiger partial charge on any atom is 0.230 e. The van der Waals surface area contributed by atoms with Crippen LogP contribution in [-0.4, -0.2) is 32.5 Å². The highest BCUT2D eigenvalue weighted by Gasteiger charge is 2.17.